The van der Waals surface area contributed by atoms with Crippen molar-refractivity contribution in [2.75, 3.05) is 0 Å². The van der Waals surface area contributed by atoms with Crippen molar-refractivity contribution in [3.05, 3.63) is 83.4 Å². The minimum Gasteiger partial charge on any atom is -0.481 e. The average Bonchev–Trinajstić information content (AvgIpc) is 3.44. The Kier molecular flexibility index (Phi) is 6.01. The first-order valence-corrected chi connectivity index (χ1v) is 12.2. The van der Waals surface area contributed by atoms with E-state index in [9.17, 15) is 14.7 Å². The second-order valence-corrected chi connectivity index (χ2v) is 9.64. The van der Waals surface area contributed by atoms with Crippen LogP contribution in [0.1, 0.15) is 41.6 Å². The lowest BCUT2D eigenvalue weighted by Gasteiger charge is -2.26. The van der Waals surface area contributed by atoms with Gasteiger partial charge in [0.25, 0.3) is 5.91 Å². The van der Waals surface area contributed by atoms with Crippen LogP contribution in [0.2, 0.25) is 0 Å². The number of nitrogens with one attached hydrogen (secondary N) is 1. The third kappa shape index (κ3) is 4.57. The maximum Gasteiger partial charge on any atom is 0.306 e. The molecule has 0 radical (unpaired) electrons. The minimum absolute atomic E-state index is 0.0389. The van der Waals surface area contributed by atoms with Gasteiger partial charge in [0.15, 0.2) is 0 Å². The molecule has 2 heterocycles. The number of rotatable bonds is 6. The van der Waals surface area contributed by atoms with Gasteiger partial charge in [-0.2, -0.15) is 0 Å². The van der Waals surface area contributed by atoms with E-state index in [0.717, 1.165) is 10.2 Å². The second-order valence-electron chi connectivity index (χ2n) is 8.73. The fourth-order valence-electron chi connectivity index (χ4n) is 4.68. The molecule has 0 unspecified atom stereocenters. The summed E-state index contributed by atoms with van der Waals surface area (Å²) < 4.78 is 3.23. The molecule has 1 aliphatic carbocycles. The highest BCUT2D eigenvalue weighted by molar-refractivity contribution is 7.17. The smallest absolute Gasteiger partial charge is 0.306 e. The zero-order valence-corrected chi connectivity index (χ0v) is 19.1. The Labute approximate surface area is 196 Å². The summed E-state index contributed by atoms with van der Waals surface area (Å²) in [6, 6.07) is 21.0. The van der Waals surface area contributed by atoms with Crippen LogP contribution >= 0.6 is 11.3 Å². The van der Waals surface area contributed by atoms with Crippen LogP contribution in [-0.2, 0) is 11.3 Å². The number of hydrogen-bond acceptors (Lipinski definition) is 3. The Morgan fingerprint density at radius 1 is 0.939 bits per heavy atom. The molecule has 5 nitrogen and oxygen atoms in total. The van der Waals surface area contributed by atoms with Gasteiger partial charge in [0.2, 0.25) is 0 Å². The van der Waals surface area contributed by atoms with E-state index in [1.165, 1.54) is 16.7 Å². The summed E-state index contributed by atoms with van der Waals surface area (Å²) in [5, 5.41) is 14.3. The number of carbonyl (C=O) groups excluding carboxylic acids is 1. The summed E-state index contributed by atoms with van der Waals surface area (Å²) >= 11 is 1.58. The zero-order chi connectivity index (χ0) is 22.8. The third-order valence-electron chi connectivity index (χ3n) is 6.56. The first-order valence-electron chi connectivity index (χ1n) is 11.3. The van der Waals surface area contributed by atoms with Crippen molar-refractivity contribution >= 4 is 33.4 Å². The van der Waals surface area contributed by atoms with Crippen LogP contribution in [0.25, 0.3) is 21.3 Å². The Morgan fingerprint density at radius 2 is 1.64 bits per heavy atom. The van der Waals surface area contributed by atoms with Crippen LogP contribution in [0, 0.1) is 5.92 Å². The lowest BCUT2D eigenvalue weighted by atomic mass is 9.86. The Hall–Kier alpha value is -3.38. The number of aromatic nitrogens is 1. The van der Waals surface area contributed by atoms with Crippen molar-refractivity contribution in [3.63, 3.8) is 0 Å². The van der Waals surface area contributed by atoms with Crippen LogP contribution in [0.4, 0.5) is 0 Å². The number of carboxylic acids is 1. The quantitative estimate of drug-likeness (QED) is 0.384. The van der Waals surface area contributed by atoms with Crippen molar-refractivity contribution in [2.45, 2.75) is 38.3 Å². The molecule has 1 saturated carbocycles. The van der Waals surface area contributed by atoms with Crippen LogP contribution in [0.3, 0.4) is 0 Å². The standard InChI is InChI=1S/C27H26N2O3S/c30-26(28-22-12-10-21(11-13-22)27(31)32)23-17-33-24-14-15-29(25(23)24)16-18-6-8-20(9-7-18)19-4-2-1-3-5-19/h1-9,14-15,17,21-22H,10-13,16H2,(H,28,30)(H,31,32)/t21-,22-. The highest BCUT2D eigenvalue weighted by Gasteiger charge is 2.27. The van der Waals surface area contributed by atoms with Crippen molar-refractivity contribution in [1.29, 1.82) is 0 Å². The fourth-order valence-corrected chi connectivity index (χ4v) is 5.63. The molecule has 1 amide bonds. The molecule has 168 valence electrons. The zero-order valence-electron chi connectivity index (χ0n) is 18.2. The summed E-state index contributed by atoms with van der Waals surface area (Å²) in [5.41, 5.74) is 5.22. The van der Waals surface area contributed by atoms with Gasteiger partial charge < -0.3 is 15.0 Å². The van der Waals surface area contributed by atoms with Gasteiger partial charge in [0, 0.05) is 24.2 Å². The average molecular weight is 459 g/mol. The van der Waals surface area contributed by atoms with Crippen molar-refractivity contribution in [1.82, 2.24) is 9.88 Å². The van der Waals surface area contributed by atoms with Crippen molar-refractivity contribution in [2.24, 2.45) is 5.92 Å². The highest BCUT2D eigenvalue weighted by atomic mass is 32.1. The van der Waals surface area contributed by atoms with E-state index in [-0.39, 0.29) is 17.9 Å². The van der Waals surface area contributed by atoms with Crippen LogP contribution in [-0.4, -0.2) is 27.6 Å². The molecule has 1 fully saturated rings. The number of hydrogen-bond donors (Lipinski definition) is 2. The molecule has 0 saturated heterocycles. The number of carboxylic acid groups (broad SMARTS) is 1. The minimum atomic E-state index is -0.728. The third-order valence-corrected chi connectivity index (χ3v) is 7.49. The number of amides is 1. The van der Waals surface area contributed by atoms with Crippen LogP contribution in [0.15, 0.2) is 72.2 Å². The molecule has 33 heavy (non-hydrogen) atoms. The molecule has 1 aliphatic rings. The maximum absolute atomic E-state index is 13.1. The van der Waals surface area contributed by atoms with E-state index in [2.05, 4.69) is 52.3 Å². The van der Waals surface area contributed by atoms with Gasteiger partial charge >= 0.3 is 5.97 Å². The van der Waals surface area contributed by atoms with E-state index < -0.39 is 5.97 Å². The monoisotopic (exact) mass is 458 g/mol. The summed E-state index contributed by atoms with van der Waals surface area (Å²) in [7, 11) is 0. The molecular formula is C27H26N2O3S. The molecule has 0 spiro atoms. The fraction of sp³-hybridized carbons (Fsp3) is 0.259. The summed E-state index contributed by atoms with van der Waals surface area (Å²) in [6.45, 7) is 0.694. The SMILES string of the molecule is O=C(N[C@H]1CC[C@H](C(=O)O)CC1)c1csc2ccn(Cc3ccc(-c4ccccc4)cc3)c12. The van der Waals surface area contributed by atoms with Crippen LogP contribution in [0.5, 0.6) is 0 Å². The van der Waals surface area contributed by atoms with Crippen molar-refractivity contribution in [3.8, 4) is 11.1 Å². The summed E-state index contributed by atoms with van der Waals surface area (Å²) in [6.07, 6.45) is 4.71. The molecule has 6 heteroatoms. The Morgan fingerprint density at radius 3 is 2.33 bits per heavy atom. The number of carbonyl (C=O) groups is 2. The summed E-state index contributed by atoms with van der Waals surface area (Å²) in [5.74, 6) is -1.08. The van der Waals surface area contributed by atoms with Gasteiger partial charge in [-0.05, 0) is 48.4 Å². The molecule has 4 aromatic rings. The normalized spacial score (nSPS) is 18.3. The molecule has 0 aliphatic heterocycles. The molecular weight excluding hydrogens is 432 g/mol. The molecule has 0 atom stereocenters. The van der Waals surface area contributed by atoms with Gasteiger partial charge in [-0.15, -0.1) is 11.3 Å². The van der Waals surface area contributed by atoms with E-state index in [1.54, 1.807) is 11.3 Å². The number of fused-ring (bicyclic) bond motifs is 1. The predicted molar refractivity (Wildman–Crippen MR) is 132 cm³/mol. The van der Waals surface area contributed by atoms with E-state index >= 15 is 0 Å². The van der Waals surface area contributed by atoms with Gasteiger partial charge in [-0.25, -0.2) is 0 Å². The number of benzene rings is 2. The first-order chi connectivity index (χ1) is 16.1. The lowest BCUT2D eigenvalue weighted by Crippen LogP contribution is -2.38. The lowest BCUT2D eigenvalue weighted by molar-refractivity contribution is -0.142. The largest absolute Gasteiger partial charge is 0.481 e. The van der Waals surface area contributed by atoms with Gasteiger partial charge in [0.1, 0.15) is 0 Å². The Balaban J connectivity index is 1.30. The van der Waals surface area contributed by atoms with Gasteiger partial charge in [-0.1, -0.05) is 54.6 Å². The first kappa shape index (κ1) is 21.5. The topological polar surface area (TPSA) is 71.3 Å². The van der Waals surface area contributed by atoms with E-state index in [0.29, 0.717) is 37.8 Å². The molecule has 5 rings (SSSR count). The van der Waals surface area contributed by atoms with Crippen LogP contribution < -0.4 is 5.32 Å². The molecule has 0 bridgehead atoms. The van der Waals surface area contributed by atoms with Gasteiger partial charge in [-0.3, -0.25) is 9.59 Å². The number of nitrogens with zero attached hydrogens (tertiary/aromatic N) is 1. The van der Waals surface area contributed by atoms with E-state index in [4.69, 9.17) is 0 Å². The molecule has 2 aromatic heterocycles. The molecule has 2 N–H and O–H groups in total. The summed E-state index contributed by atoms with van der Waals surface area (Å²) in [4.78, 5) is 24.2. The van der Waals surface area contributed by atoms with E-state index in [1.807, 2.05) is 29.8 Å². The maximum atomic E-state index is 13.1. The number of aliphatic carboxylic acids is 1. The Bertz CT molecular complexity index is 1270. The number of thiophene rings is 1. The highest BCUT2D eigenvalue weighted by Crippen LogP contribution is 2.30. The van der Waals surface area contributed by atoms with Crippen molar-refractivity contribution < 1.29 is 14.7 Å². The second kappa shape index (κ2) is 9.24. The van der Waals surface area contributed by atoms with Gasteiger partial charge in [0.05, 0.1) is 21.7 Å². The predicted octanol–water partition coefficient (Wildman–Crippen LogP) is 5.79. The molecule has 2 aromatic carbocycles.